The first kappa shape index (κ1) is 11.0. The van der Waals surface area contributed by atoms with Crippen molar-refractivity contribution < 1.29 is 8.42 Å². The minimum absolute atomic E-state index is 0.213. The Bertz CT molecular complexity index is 485. The topological polar surface area (TPSA) is 49.2 Å². The SMILES string of the molecule is O=S(=O)(Nc1cccc(Cl)c1Cl)N1CC1. The van der Waals surface area contributed by atoms with Crippen molar-refractivity contribution in [2.45, 2.75) is 0 Å². The molecule has 0 aliphatic carbocycles. The molecule has 1 aromatic rings. The van der Waals surface area contributed by atoms with Crippen LogP contribution in [0.5, 0.6) is 0 Å². The van der Waals surface area contributed by atoms with Crippen molar-refractivity contribution in [1.82, 2.24) is 4.31 Å². The predicted octanol–water partition coefficient (Wildman–Crippen LogP) is 1.97. The molecular weight excluding hydrogens is 259 g/mol. The van der Waals surface area contributed by atoms with Gasteiger partial charge in [-0.1, -0.05) is 29.3 Å². The molecule has 1 aliphatic rings. The van der Waals surface area contributed by atoms with Gasteiger partial charge in [0.2, 0.25) is 0 Å². The van der Waals surface area contributed by atoms with Gasteiger partial charge in [0.1, 0.15) is 0 Å². The lowest BCUT2D eigenvalue weighted by molar-refractivity contribution is 0.569. The van der Waals surface area contributed by atoms with Crippen molar-refractivity contribution in [3.63, 3.8) is 0 Å². The largest absolute Gasteiger partial charge is 0.301 e. The van der Waals surface area contributed by atoms with E-state index in [2.05, 4.69) is 4.72 Å². The molecule has 4 nitrogen and oxygen atoms in total. The van der Waals surface area contributed by atoms with Crippen molar-refractivity contribution in [3.05, 3.63) is 28.2 Å². The molecule has 0 radical (unpaired) electrons. The first-order valence-electron chi connectivity index (χ1n) is 4.22. The Morgan fingerprint density at radius 1 is 1.27 bits per heavy atom. The molecule has 0 bridgehead atoms. The summed E-state index contributed by atoms with van der Waals surface area (Å²) in [4.78, 5) is 0. The van der Waals surface area contributed by atoms with Gasteiger partial charge < -0.3 is 0 Å². The summed E-state index contributed by atoms with van der Waals surface area (Å²) in [6.07, 6.45) is 0. The van der Waals surface area contributed by atoms with E-state index in [1.54, 1.807) is 18.2 Å². The summed E-state index contributed by atoms with van der Waals surface area (Å²) in [5, 5.41) is 0.534. The predicted molar refractivity (Wildman–Crippen MR) is 60.6 cm³/mol. The number of nitrogens with one attached hydrogen (secondary N) is 1. The molecule has 7 heteroatoms. The van der Waals surface area contributed by atoms with Crippen molar-refractivity contribution in [3.8, 4) is 0 Å². The zero-order valence-corrected chi connectivity index (χ0v) is 9.90. The second-order valence-corrected chi connectivity index (χ2v) is 5.56. The van der Waals surface area contributed by atoms with Gasteiger partial charge in [-0.15, -0.1) is 0 Å². The number of halogens is 2. The highest BCUT2D eigenvalue weighted by Crippen LogP contribution is 2.31. The van der Waals surface area contributed by atoms with Crippen LogP contribution in [0.1, 0.15) is 0 Å². The van der Waals surface area contributed by atoms with E-state index in [1.807, 2.05) is 0 Å². The summed E-state index contributed by atoms with van der Waals surface area (Å²) in [6, 6.07) is 4.79. The second kappa shape index (κ2) is 3.83. The van der Waals surface area contributed by atoms with E-state index in [1.165, 1.54) is 4.31 Å². The summed E-state index contributed by atoms with van der Waals surface area (Å²) in [5.41, 5.74) is 0.302. The van der Waals surface area contributed by atoms with E-state index in [-0.39, 0.29) is 5.02 Å². The fourth-order valence-electron chi connectivity index (χ4n) is 1.07. The quantitative estimate of drug-likeness (QED) is 0.851. The molecule has 1 saturated heterocycles. The molecule has 0 aromatic heterocycles. The van der Waals surface area contributed by atoms with E-state index in [0.29, 0.717) is 23.8 Å². The third-order valence-corrected chi connectivity index (χ3v) is 4.28. The van der Waals surface area contributed by atoms with Gasteiger partial charge in [0.25, 0.3) is 0 Å². The first-order valence-corrected chi connectivity index (χ1v) is 6.42. The Labute approximate surface area is 98.0 Å². The molecule has 1 aliphatic heterocycles. The molecule has 1 fully saturated rings. The van der Waals surface area contributed by atoms with Crippen LogP contribution in [-0.4, -0.2) is 25.8 Å². The van der Waals surface area contributed by atoms with Gasteiger partial charge in [-0.05, 0) is 12.1 Å². The summed E-state index contributed by atoms with van der Waals surface area (Å²) in [7, 11) is -3.44. The molecule has 0 saturated carbocycles. The smallest absolute Gasteiger partial charge is 0.269 e. The normalized spacial score (nSPS) is 16.4. The standard InChI is InChI=1S/C8H8Cl2N2O2S/c9-6-2-1-3-7(8(6)10)11-15(13,14)12-4-5-12/h1-3,11H,4-5H2. The Kier molecular flexibility index (Phi) is 2.81. The van der Waals surface area contributed by atoms with Gasteiger partial charge in [0.05, 0.1) is 15.7 Å². The number of nitrogens with zero attached hydrogens (tertiary/aromatic N) is 1. The van der Waals surface area contributed by atoms with Crippen LogP contribution in [0.4, 0.5) is 5.69 Å². The van der Waals surface area contributed by atoms with Gasteiger partial charge in [-0.25, -0.2) is 0 Å². The zero-order chi connectivity index (χ0) is 11.1. The summed E-state index contributed by atoms with van der Waals surface area (Å²) >= 11 is 11.6. The van der Waals surface area contributed by atoms with E-state index in [0.717, 1.165) is 0 Å². The summed E-state index contributed by atoms with van der Waals surface area (Å²) in [6.45, 7) is 1.10. The lowest BCUT2D eigenvalue weighted by atomic mass is 10.3. The van der Waals surface area contributed by atoms with Crippen molar-refractivity contribution in [2.75, 3.05) is 17.8 Å². The van der Waals surface area contributed by atoms with Crippen molar-refractivity contribution in [1.29, 1.82) is 0 Å². The van der Waals surface area contributed by atoms with Crippen LogP contribution in [-0.2, 0) is 10.2 Å². The van der Waals surface area contributed by atoms with E-state index < -0.39 is 10.2 Å². The van der Waals surface area contributed by atoms with Gasteiger partial charge in [-0.2, -0.15) is 12.7 Å². The average Bonchev–Trinajstić information content (AvgIpc) is 2.95. The molecule has 0 amide bonds. The maximum atomic E-state index is 11.5. The first-order chi connectivity index (χ1) is 7.00. The number of anilines is 1. The number of benzene rings is 1. The van der Waals surface area contributed by atoms with Crippen LogP contribution in [0, 0.1) is 0 Å². The molecule has 0 spiro atoms. The molecule has 0 atom stereocenters. The molecule has 2 rings (SSSR count). The van der Waals surface area contributed by atoms with Gasteiger partial charge in [0.15, 0.2) is 0 Å². The second-order valence-electron chi connectivity index (χ2n) is 3.11. The van der Waals surface area contributed by atoms with Crippen LogP contribution >= 0.6 is 23.2 Å². The number of rotatable bonds is 3. The van der Waals surface area contributed by atoms with Crippen LogP contribution in [0.3, 0.4) is 0 Å². The zero-order valence-electron chi connectivity index (χ0n) is 7.57. The van der Waals surface area contributed by atoms with Gasteiger partial charge in [0, 0.05) is 13.1 Å². The molecule has 82 valence electrons. The highest BCUT2D eigenvalue weighted by Gasteiger charge is 2.32. The molecule has 0 unspecified atom stereocenters. The molecule has 1 heterocycles. The van der Waals surface area contributed by atoms with Crippen molar-refractivity contribution in [2.24, 2.45) is 0 Å². The van der Waals surface area contributed by atoms with Crippen LogP contribution in [0.15, 0.2) is 18.2 Å². The lowest BCUT2D eigenvalue weighted by Gasteiger charge is -2.09. The highest BCUT2D eigenvalue weighted by atomic mass is 35.5. The molecular formula is C8H8Cl2N2O2S. The van der Waals surface area contributed by atoms with Crippen molar-refractivity contribution >= 4 is 39.1 Å². The lowest BCUT2D eigenvalue weighted by Crippen LogP contribution is -2.21. The molecule has 15 heavy (non-hydrogen) atoms. The van der Waals surface area contributed by atoms with E-state index in [9.17, 15) is 8.42 Å². The molecule has 1 N–H and O–H groups in total. The Morgan fingerprint density at radius 2 is 1.93 bits per heavy atom. The Hall–Kier alpha value is -0.490. The minimum Gasteiger partial charge on any atom is -0.269 e. The monoisotopic (exact) mass is 266 g/mol. The number of hydrogen-bond donors (Lipinski definition) is 1. The van der Waals surface area contributed by atoms with Gasteiger partial charge in [-0.3, -0.25) is 4.72 Å². The average molecular weight is 267 g/mol. The maximum absolute atomic E-state index is 11.5. The highest BCUT2D eigenvalue weighted by molar-refractivity contribution is 7.90. The molecule has 1 aromatic carbocycles. The summed E-state index contributed by atoms with van der Waals surface area (Å²) < 4.78 is 26.7. The third-order valence-electron chi connectivity index (χ3n) is 1.94. The Morgan fingerprint density at radius 3 is 2.53 bits per heavy atom. The number of hydrogen-bond acceptors (Lipinski definition) is 2. The van der Waals surface area contributed by atoms with Gasteiger partial charge >= 0.3 is 10.2 Å². The van der Waals surface area contributed by atoms with Crippen LogP contribution in [0.2, 0.25) is 10.0 Å². The Balaban J connectivity index is 2.28. The fraction of sp³-hybridized carbons (Fsp3) is 0.250. The van der Waals surface area contributed by atoms with E-state index >= 15 is 0 Å². The fourth-order valence-corrected chi connectivity index (χ4v) is 2.61. The maximum Gasteiger partial charge on any atom is 0.301 e. The van der Waals surface area contributed by atoms with Crippen LogP contribution < -0.4 is 4.72 Å². The third kappa shape index (κ3) is 2.36. The minimum atomic E-state index is -3.44. The summed E-state index contributed by atoms with van der Waals surface area (Å²) in [5.74, 6) is 0. The van der Waals surface area contributed by atoms with Crippen LogP contribution in [0.25, 0.3) is 0 Å². The van der Waals surface area contributed by atoms with E-state index in [4.69, 9.17) is 23.2 Å².